The van der Waals surface area contributed by atoms with E-state index in [1.54, 1.807) is 0 Å². The van der Waals surface area contributed by atoms with Crippen LogP contribution in [0.4, 0.5) is 0 Å². The molecule has 1 aliphatic carbocycles. The van der Waals surface area contributed by atoms with Crippen LogP contribution in [0.2, 0.25) is 0 Å². The lowest BCUT2D eigenvalue weighted by molar-refractivity contribution is 0.660. The van der Waals surface area contributed by atoms with Gasteiger partial charge >= 0.3 is 0 Å². The number of pyridine rings is 1. The van der Waals surface area contributed by atoms with Gasteiger partial charge in [-0.2, -0.15) is 0 Å². The molecule has 0 atom stereocenters. The standard InChI is InChI=1S/C28H21N/c1-28(2)25-10-6-5-9-22(25)23-14-13-20(15-26(23)28)27-16-19-12-11-18-7-3-4-8-21(18)24(19)17-29-27/h3-17H,1-2H3. The molecule has 1 heterocycles. The van der Waals surface area contributed by atoms with Gasteiger partial charge in [0.15, 0.2) is 0 Å². The molecule has 1 nitrogen and oxygen atoms in total. The zero-order chi connectivity index (χ0) is 19.6. The second-order valence-electron chi connectivity index (χ2n) is 8.51. The summed E-state index contributed by atoms with van der Waals surface area (Å²) in [7, 11) is 0. The van der Waals surface area contributed by atoms with Gasteiger partial charge in [0.1, 0.15) is 0 Å². The maximum Gasteiger partial charge on any atom is 0.0708 e. The van der Waals surface area contributed by atoms with Crippen LogP contribution in [0, 0.1) is 0 Å². The highest BCUT2D eigenvalue weighted by molar-refractivity contribution is 6.07. The largest absolute Gasteiger partial charge is 0.256 e. The lowest BCUT2D eigenvalue weighted by atomic mass is 9.82. The molecule has 0 spiro atoms. The van der Waals surface area contributed by atoms with Crippen LogP contribution in [-0.4, -0.2) is 4.98 Å². The molecule has 0 aliphatic heterocycles. The molecule has 6 rings (SSSR count). The van der Waals surface area contributed by atoms with Crippen LogP contribution in [-0.2, 0) is 5.41 Å². The minimum absolute atomic E-state index is 0.00892. The van der Waals surface area contributed by atoms with Crippen LogP contribution in [0.15, 0.2) is 91.1 Å². The van der Waals surface area contributed by atoms with Gasteiger partial charge in [-0.3, -0.25) is 4.98 Å². The van der Waals surface area contributed by atoms with E-state index in [4.69, 9.17) is 4.98 Å². The van der Waals surface area contributed by atoms with Crippen molar-refractivity contribution in [3.63, 3.8) is 0 Å². The van der Waals surface area contributed by atoms with E-state index in [2.05, 4.69) is 98.8 Å². The van der Waals surface area contributed by atoms with E-state index >= 15 is 0 Å². The van der Waals surface area contributed by atoms with E-state index < -0.39 is 0 Å². The summed E-state index contributed by atoms with van der Waals surface area (Å²) in [5, 5.41) is 4.96. The molecule has 138 valence electrons. The Morgan fingerprint density at radius 2 is 1.38 bits per heavy atom. The van der Waals surface area contributed by atoms with Crippen molar-refractivity contribution in [2.24, 2.45) is 0 Å². The molecule has 0 N–H and O–H groups in total. The van der Waals surface area contributed by atoms with Crippen LogP contribution in [0.3, 0.4) is 0 Å². The third kappa shape index (κ3) is 2.31. The van der Waals surface area contributed by atoms with Gasteiger partial charge in [0.25, 0.3) is 0 Å². The van der Waals surface area contributed by atoms with E-state index in [9.17, 15) is 0 Å². The highest BCUT2D eigenvalue weighted by atomic mass is 14.7. The molecule has 0 unspecified atom stereocenters. The molecule has 1 heteroatoms. The zero-order valence-electron chi connectivity index (χ0n) is 16.6. The number of hydrogen-bond acceptors (Lipinski definition) is 1. The Morgan fingerprint density at radius 3 is 2.31 bits per heavy atom. The van der Waals surface area contributed by atoms with Gasteiger partial charge < -0.3 is 0 Å². The number of fused-ring (bicyclic) bond motifs is 6. The van der Waals surface area contributed by atoms with Crippen LogP contribution in [0.5, 0.6) is 0 Å². The molecule has 1 aromatic heterocycles. The first-order valence-corrected chi connectivity index (χ1v) is 10.2. The minimum Gasteiger partial charge on any atom is -0.256 e. The molecule has 0 amide bonds. The second kappa shape index (κ2) is 5.78. The van der Waals surface area contributed by atoms with Crippen LogP contribution in [0.1, 0.15) is 25.0 Å². The third-order valence-corrected chi connectivity index (χ3v) is 6.51. The average molecular weight is 371 g/mol. The molecular weight excluding hydrogens is 350 g/mol. The molecular formula is C28H21N. The van der Waals surface area contributed by atoms with Crippen molar-refractivity contribution in [3.05, 3.63) is 102 Å². The molecule has 0 bridgehead atoms. The Kier molecular flexibility index (Phi) is 3.29. The van der Waals surface area contributed by atoms with Gasteiger partial charge in [-0.05, 0) is 50.5 Å². The van der Waals surface area contributed by atoms with Gasteiger partial charge in [0.2, 0.25) is 0 Å². The second-order valence-corrected chi connectivity index (χ2v) is 8.51. The molecule has 4 aromatic carbocycles. The fourth-order valence-electron chi connectivity index (χ4n) is 4.92. The molecule has 5 aromatic rings. The first-order chi connectivity index (χ1) is 14.1. The van der Waals surface area contributed by atoms with Gasteiger partial charge in [-0.15, -0.1) is 0 Å². The number of nitrogens with zero attached hydrogens (tertiary/aromatic N) is 1. The van der Waals surface area contributed by atoms with E-state index in [1.165, 1.54) is 49.4 Å². The van der Waals surface area contributed by atoms with Gasteiger partial charge in [0, 0.05) is 22.6 Å². The third-order valence-electron chi connectivity index (χ3n) is 6.51. The van der Waals surface area contributed by atoms with Crippen molar-refractivity contribution in [2.75, 3.05) is 0 Å². The predicted molar refractivity (Wildman–Crippen MR) is 122 cm³/mol. The summed E-state index contributed by atoms with van der Waals surface area (Å²) in [5.74, 6) is 0. The Balaban J connectivity index is 1.52. The van der Waals surface area contributed by atoms with Crippen molar-refractivity contribution in [3.8, 4) is 22.4 Å². The summed E-state index contributed by atoms with van der Waals surface area (Å²) in [6, 6.07) is 30.7. The smallest absolute Gasteiger partial charge is 0.0708 e. The summed E-state index contributed by atoms with van der Waals surface area (Å²) >= 11 is 0. The van der Waals surface area contributed by atoms with Crippen molar-refractivity contribution < 1.29 is 0 Å². The highest BCUT2D eigenvalue weighted by Gasteiger charge is 2.35. The summed E-state index contributed by atoms with van der Waals surface area (Å²) in [5.41, 5.74) is 7.72. The number of hydrogen-bond donors (Lipinski definition) is 0. The SMILES string of the molecule is CC1(C)c2ccccc2-c2ccc(-c3cc4ccc5ccccc5c4cn3)cc21. The summed E-state index contributed by atoms with van der Waals surface area (Å²) in [6.45, 7) is 4.64. The fourth-order valence-corrected chi connectivity index (χ4v) is 4.92. The minimum atomic E-state index is 0.00892. The molecule has 29 heavy (non-hydrogen) atoms. The first kappa shape index (κ1) is 16.5. The van der Waals surface area contributed by atoms with Crippen molar-refractivity contribution in [2.45, 2.75) is 19.3 Å². The quantitative estimate of drug-likeness (QED) is 0.280. The maximum atomic E-state index is 4.85. The van der Waals surface area contributed by atoms with Crippen LogP contribution in [0.25, 0.3) is 43.9 Å². The monoisotopic (exact) mass is 371 g/mol. The molecule has 1 aliphatic rings. The molecule has 0 saturated heterocycles. The van der Waals surface area contributed by atoms with Gasteiger partial charge in [-0.1, -0.05) is 86.6 Å². The summed E-state index contributed by atoms with van der Waals surface area (Å²) in [6.07, 6.45) is 2.03. The predicted octanol–water partition coefficient (Wildman–Crippen LogP) is 7.36. The topological polar surface area (TPSA) is 12.9 Å². The lowest BCUT2D eigenvalue weighted by Crippen LogP contribution is -2.14. The van der Waals surface area contributed by atoms with Crippen molar-refractivity contribution in [1.82, 2.24) is 4.98 Å². The van der Waals surface area contributed by atoms with E-state index in [-0.39, 0.29) is 5.41 Å². The lowest BCUT2D eigenvalue weighted by Gasteiger charge is -2.21. The Bertz CT molecular complexity index is 1430. The molecule has 0 fully saturated rings. The number of aromatic nitrogens is 1. The number of rotatable bonds is 1. The summed E-state index contributed by atoms with van der Waals surface area (Å²) < 4.78 is 0. The van der Waals surface area contributed by atoms with E-state index in [1.807, 2.05) is 6.20 Å². The zero-order valence-corrected chi connectivity index (χ0v) is 16.6. The van der Waals surface area contributed by atoms with Gasteiger partial charge in [0.05, 0.1) is 5.69 Å². The van der Waals surface area contributed by atoms with Gasteiger partial charge in [-0.25, -0.2) is 0 Å². The Hall–Kier alpha value is -3.45. The van der Waals surface area contributed by atoms with Crippen LogP contribution >= 0.6 is 0 Å². The summed E-state index contributed by atoms with van der Waals surface area (Å²) in [4.78, 5) is 4.85. The normalized spacial score (nSPS) is 14.1. The van der Waals surface area contributed by atoms with Crippen molar-refractivity contribution in [1.29, 1.82) is 0 Å². The molecule has 0 saturated carbocycles. The first-order valence-electron chi connectivity index (χ1n) is 10.2. The van der Waals surface area contributed by atoms with Crippen molar-refractivity contribution >= 4 is 21.5 Å². The van der Waals surface area contributed by atoms with E-state index in [0.717, 1.165) is 5.69 Å². The van der Waals surface area contributed by atoms with Crippen LogP contribution < -0.4 is 0 Å². The average Bonchev–Trinajstić information content (AvgIpc) is 3.00. The molecule has 0 radical (unpaired) electrons. The highest BCUT2D eigenvalue weighted by Crippen LogP contribution is 2.49. The maximum absolute atomic E-state index is 4.85. The number of benzene rings is 4. The fraction of sp³-hybridized carbons (Fsp3) is 0.107. The van der Waals surface area contributed by atoms with E-state index in [0.29, 0.717) is 0 Å². The Labute approximate surface area is 170 Å². The Morgan fingerprint density at radius 1 is 0.621 bits per heavy atom.